The number of benzene rings is 1. The third kappa shape index (κ3) is 3.06. The van der Waals surface area contributed by atoms with Gasteiger partial charge in [0.15, 0.2) is 0 Å². The first-order valence-electron chi connectivity index (χ1n) is 7.68. The molecule has 1 aromatic heterocycles. The predicted octanol–water partition coefficient (Wildman–Crippen LogP) is 3.08. The van der Waals surface area contributed by atoms with Crippen molar-refractivity contribution in [2.75, 3.05) is 6.54 Å². The van der Waals surface area contributed by atoms with Gasteiger partial charge in [0, 0.05) is 30.2 Å². The van der Waals surface area contributed by atoms with Crippen molar-refractivity contribution in [3.8, 4) is 0 Å². The van der Waals surface area contributed by atoms with Crippen molar-refractivity contribution in [2.45, 2.75) is 44.8 Å². The van der Waals surface area contributed by atoms with E-state index in [-0.39, 0.29) is 11.9 Å². The van der Waals surface area contributed by atoms with Crippen molar-refractivity contribution in [3.63, 3.8) is 0 Å². The molecule has 2 heterocycles. The molecule has 2 atom stereocenters. The van der Waals surface area contributed by atoms with Crippen LogP contribution in [0.1, 0.15) is 31.7 Å². The van der Waals surface area contributed by atoms with Crippen LogP contribution in [0.25, 0.3) is 10.9 Å². The molecule has 2 aromatic rings. The van der Waals surface area contributed by atoms with Gasteiger partial charge in [-0.25, -0.2) is 4.39 Å². The molecule has 1 saturated heterocycles. The zero-order valence-electron chi connectivity index (χ0n) is 12.4. The summed E-state index contributed by atoms with van der Waals surface area (Å²) in [6.45, 7) is 3.81. The summed E-state index contributed by atoms with van der Waals surface area (Å²) in [4.78, 5) is 6.82. The van der Waals surface area contributed by atoms with Crippen LogP contribution >= 0.6 is 0 Å². The zero-order valence-corrected chi connectivity index (χ0v) is 12.4. The molecule has 0 bridgehead atoms. The normalized spacial score (nSPS) is 21.6. The minimum atomic E-state index is -0.195. The van der Waals surface area contributed by atoms with Gasteiger partial charge in [-0.2, -0.15) is 0 Å². The number of pyridine rings is 1. The predicted molar refractivity (Wildman–Crippen MR) is 83.4 cm³/mol. The van der Waals surface area contributed by atoms with Crippen LogP contribution in [0.2, 0.25) is 0 Å². The second-order valence-corrected chi connectivity index (χ2v) is 6.03. The molecular weight excluding hydrogens is 265 g/mol. The molecule has 2 unspecified atom stereocenters. The third-order valence-corrected chi connectivity index (χ3v) is 4.39. The van der Waals surface area contributed by atoms with Gasteiger partial charge < -0.3 is 5.73 Å². The number of piperidine rings is 1. The van der Waals surface area contributed by atoms with Crippen LogP contribution in [0.5, 0.6) is 0 Å². The standard InChI is InChI=1S/C17H22FN3/c1-12(19)16-6-2-3-8-21(16)11-14-10-15(18)9-13-5-4-7-20-17(13)14/h4-5,7,9-10,12,16H,2-3,6,8,11,19H2,1H3. The van der Waals surface area contributed by atoms with Gasteiger partial charge in [0.05, 0.1) is 5.52 Å². The van der Waals surface area contributed by atoms with Crippen LogP contribution in [0.4, 0.5) is 4.39 Å². The fourth-order valence-electron chi connectivity index (χ4n) is 3.38. The minimum absolute atomic E-state index is 0.137. The van der Waals surface area contributed by atoms with Crippen molar-refractivity contribution in [1.82, 2.24) is 9.88 Å². The lowest BCUT2D eigenvalue weighted by Gasteiger charge is -2.38. The molecule has 0 aliphatic carbocycles. The maximum absolute atomic E-state index is 13.8. The highest BCUT2D eigenvalue weighted by molar-refractivity contribution is 5.81. The molecule has 0 spiro atoms. The summed E-state index contributed by atoms with van der Waals surface area (Å²) in [5.41, 5.74) is 7.98. The summed E-state index contributed by atoms with van der Waals surface area (Å²) < 4.78 is 13.8. The van der Waals surface area contributed by atoms with Crippen molar-refractivity contribution in [3.05, 3.63) is 41.8 Å². The summed E-state index contributed by atoms with van der Waals surface area (Å²) in [7, 11) is 0. The van der Waals surface area contributed by atoms with Gasteiger partial charge in [-0.05, 0) is 50.1 Å². The second kappa shape index (κ2) is 6.08. The second-order valence-electron chi connectivity index (χ2n) is 6.03. The number of rotatable bonds is 3. The number of nitrogens with zero attached hydrogens (tertiary/aromatic N) is 2. The lowest BCUT2D eigenvalue weighted by atomic mass is 9.96. The highest BCUT2D eigenvalue weighted by Crippen LogP contribution is 2.25. The Kier molecular flexibility index (Phi) is 4.17. The molecule has 1 aliphatic rings. The largest absolute Gasteiger partial charge is 0.327 e. The summed E-state index contributed by atoms with van der Waals surface area (Å²) in [5, 5.41) is 0.863. The number of aromatic nitrogens is 1. The van der Waals surface area contributed by atoms with Crippen LogP contribution in [0.15, 0.2) is 30.5 Å². The van der Waals surface area contributed by atoms with E-state index in [1.807, 2.05) is 12.1 Å². The Hall–Kier alpha value is -1.52. The number of halogens is 1. The van der Waals surface area contributed by atoms with Gasteiger partial charge in [0.1, 0.15) is 5.82 Å². The zero-order chi connectivity index (χ0) is 14.8. The molecule has 2 N–H and O–H groups in total. The molecular formula is C17H22FN3. The van der Waals surface area contributed by atoms with E-state index in [2.05, 4.69) is 16.8 Å². The average molecular weight is 287 g/mol. The third-order valence-electron chi connectivity index (χ3n) is 4.39. The van der Waals surface area contributed by atoms with Crippen LogP contribution < -0.4 is 5.73 Å². The molecule has 112 valence electrons. The lowest BCUT2D eigenvalue weighted by Crippen LogP contribution is -2.48. The number of likely N-dealkylation sites (tertiary alicyclic amines) is 1. The van der Waals surface area contributed by atoms with E-state index in [4.69, 9.17) is 5.73 Å². The van der Waals surface area contributed by atoms with E-state index in [1.165, 1.54) is 12.8 Å². The van der Waals surface area contributed by atoms with E-state index in [0.29, 0.717) is 6.04 Å². The van der Waals surface area contributed by atoms with Gasteiger partial charge in [-0.15, -0.1) is 0 Å². The Morgan fingerprint density at radius 1 is 1.43 bits per heavy atom. The quantitative estimate of drug-likeness (QED) is 0.943. The van der Waals surface area contributed by atoms with Gasteiger partial charge in [-0.1, -0.05) is 12.5 Å². The summed E-state index contributed by atoms with van der Waals surface area (Å²) in [6.07, 6.45) is 5.30. The summed E-state index contributed by atoms with van der Waals surface area (Å²) in [5.74, 6) is -0.195. The fraction of sp³-hybridized carbons (Fsp3) is 0.471. The first-order valence-corrected chi connectivity index (χ1v) is 7.68. The topological polar surface area (TPSA) is 42.1 Å². The minimum Gasteiger partial charge on any atom is -0.327 e. The van der Waals surface area contributed by atoms with Crippen molar-refractivity contribution in [2.24, 2.45) is 5.73 Å². The van der Waals surface area contributed by atoms with E-state index in [0.717, 1.165) is 36.0 Å². The van der Waals surface area contributed by atoms with Gasteiger partial charge in [0.25, 0.3) is 0 Å². The Morgan fingerprint density at radius 2 is 2.29 bits per heavy atom. The SMILES string of the molecule is CC(N)C1CCCCN1Cc1cc(F)cc2cccnc12. The molecule has 1 aromatic carbocycles. The molecule has 0 amide bonds. The van der Waals surface area contributed by atoms with E-state index in [9.17, 15) is 4.39 Å². The molecule has 21 heavy (non-hydrogen) atoms. The van der Waals surface area contributed by atoms with E-state index < -0.39 is 0 Å². The molecule has 0 saturated carbocycles. The maximum Gasteiger partial charge on any atom is 0.124 e. The average Bonchev–Trinajstić information content (AvgIpc) is 2.47. The van der Waals surface area contributed by atoms with E-state index >= 15 is 0 Å². The summed E-state index contributed by atoms with van der Waals surface area (Å²) >= 11 is 0. The number of fused-ring (bicyclic) bond motifs is 1. The van der Waals surface area contributed by atoms with Gasteiger partial charge in [-0.3, -0.25) is 9.88 Å². The fourth-order valence-corrected chi connectivity index (χ4v) is 3.38. The van der Waals surface area contributed by atoms with Crippen LogP contribution in [0.3, 0.4) is 0 Å². The van der Waals surface area contributed by atoms with Gasteiger partial charge >= 0.3 is 0 Å². The highest BCUT2D eigenvalue weighted by atomic mass is 19.1. The first kappa shape index (κ1) is 14.4. The smallest absolute Gasteiger partial charge is 0.124 e. The monoisotopic (exact) mass is 287 g/mol. The molecule has 4 heteroatoms. The van der Waals surface area contributed by atoms with Crippen molar-refractivity contribution in [1.29, 1.82) is 0 Å². The van der Waals surface area contributed by atoms with Crippen LogP contribution in [-0.4, -0.2) is 28.5 Å². The number of nitrogens with two attached hydrogens (primary N) is 1. The lowest BCUT2D eigenvalue weighted by molar-refractivity contribution is 0.123. The Balaban J connectivity index is 1.93. The first-order chi connectivity index (χ1) is 10.1. The molecule has 3 rings (SSSR count). The van der Waals surface area contributed by atoms with Crippen molar-refractivity contribution >= 4 is 10.9 Å². The molecule has 1 aliphatic heterocycles. The molecule has 1 fully saturated rings. The Labute approximate surface area is 125 Å². The molecule has 3 nitrogen and oxygen atoms in total. The highest BCUT2D eigenvalue weighted by Gasteiger charge is 2.26. The Morgan fingerprint density at radius 3 is 3.10 bits per heavy atom. The summed E-state index contributed by atoms with van der Waals surface area (Å²) in [6, 6.07) is 7.43. The van der Waals surface area contributed by atoms with Crippen LogP contribution in [0, 0.1) is 5.82 Å². The number of hydrogen-bond donors (Lipinski definition) is 1. The van der Waals surface area contributed by atoms with E-state index in [1.54, 1.807) is 18.3 Å². The molecule has 0 radical (unpaired) electrons. The van der Waals surface area contributed by atoms with Crippen molar-refractivity contribution < 1.29 is 4.39 Å². The number of hydrogen-bond acceptors (Lipinski definition) is 3. The van der Waals surface area contributed by atoms with Crippen LogP contribution in [-0.2, 0) is 6.54 Å². The maximum atomic E-state index is 13.8. The van der Waals surface area contributed by atoms with Gasteiger partial charge in [0.2, 0.25) is 0 Å². The Bertz CT molecular complexity index is 626.